The first-order chi connectivity index (χ1) is 17.2. The Kier molecular flexibility index (Phi) is 6.60. The quantitative estimate of drug-likeness (QED) is 0.514. The summed E-state index contributed by atoms with van der Waals surface area (Å²) in [5.74, 6) is 0.391. The number of nitrogens with zero attached hydrogens (tertiary/aromatic N) is 6. The third-order valence-electron chi connectivity index (χ3n) is 6.36. The molecular formula is C24H23ClF4N6O. The number of hydrogen-bond acceptors (Lipinski definition) is 7. The second-order valence-corrected chi connectivity index (χ2v) is 9.18. The molecule has 36 heavy (non-hydrogen) atoms. The summed E-state index contributed by atoms with van der Waals surface area (Å²) in [4.78, 5) is 18.8. The number of aliphatic hydroxyl groups excluding tert-OH is 1. The summed E-state index contributed by atoms with van der Waals surface area (Å²) < 4.78 is 54.2. The fourth-order valence-corrected chi connectivity index (χ4v) is 4.65. The summed E-state index contributed by atoms with van der Waals surface area (Å²) >= 11 is 5.99. The highest BCUT2D eigenvalue weighted by Crippen LogP contribution is 2.36. The fourth-order valence-electron chi connectivity index (χ4n) is 4.47. The minimum Gasteiger partial charge on any atom is -0.391 e. The molecule has 0 unspecified atom stereocenters. The standard InChI is InChI=1S/C24H23ClF4N6O/c25-18-12-15(3-4-19(18)26)20-13-21(32-23(31-20)35-7-5-16(36)14-35)33-8-10-34(11-9-33)22-17(24(27,28)29)2-1-6-30-22/h1-4,6,12-13,16,36H,5,7-11,14H2/t16-/m0/s1. The molecule has 2 aliphatic rings. The Bertz CT molecular complexity index is 1250. The third-order valence-corrected chi connectivity index (χ3v) is 6.65. The number of anilines is 3. The number of piperazine rings is 1. The molecule has 2 saturated heterocycles. The van der Waals surface area contributed by atoms with Crippen LogP contribution in [0.4, 0.5) is 35.1 Å². The van der Waals surface area contributed by atoms with Crippen molar-refractivity contribution in [3.05, 3.63) is 59.0 Å². The lowest BCUT2D eigenvalue weighted by atomic mass is 10.1. The van der Waals surface area contributed by atoms with E-state index in [9.17, 15) is 22.7 Å². The summed E-state index contributed by atoms with van der Waals surface area (Å²) in [6.07, 6.45) is -3.02. The van der Waals surface area contributed by atoms with Crippen molar-refractivity contribution in [2.45, 2.75) is 18.7 Å². The predicted molar refractivity (Wildman–Crippen MR) is 129 cm³/mol. The molecule has 0 bridgehead atoms. The van der Waals surface area contributed by atoms with Gasteiger partial charge in [-0.3, -0.25) is 0 Å². The Morgan fingerprint density at radius 2 is 1.69 bits per heavy atom. The van der Waals surface area contributed by atoms with E-state index in [1.807, 2.05) is 9.80 Å². The van der Waals surface area contributed by atoms with Crippen molar-refractivity contribution >= 4 is 29.2 Å². The van der Waals surface area contributed by atoms with E-state index < -0.39 is 23.7 Å². The predicted octanol–water partition coefficient (Wildman–Crippen LogP) is 4.25. The largest absolute Gasteiger partial charge is 0.419 e. The monoisotopic (exact) mass is 522 g/mol. The van der Waals surface area contributed by atoms with E-state index in [0.29, 0.717) is 68.7 Å². The van der Waals surface area contributed by atoms with Gasteiger partial charge in [0.15, 0.2) is 0 Å². The average Bonchev–Trinajstić information content (AvgIpc) is 3.31. The molecule has 2 aromatic heterocycles. The number of β-amino-alcohol motifs (C(OH)–C–C–N with tert-alkyl or cyclic N) is 1. The van der Waals surface area contributed by atoms with Gasteiger partial charge in [-0.1, -0.05) is 11.6 Å². The fraction of sp³-hybridized carbons (Fsp3) is 0.375. The zero-order chi connectivity index (χ0) is 25.4. The highest BCUT2D eigenvalue weighted by atomic mass is 35.5. The first-order valence-electron chi connectivity index (χ1n) is 11.5. The van der Waals surface area contributed by atoms with Gasteiger partial charge in [0.05, 0.1) is 22.4 Å². The molecule has 0 aliphatic carbocycles. The molecule has 2 aliphatic heterocycles. The van der Waals surface area contributed by atoms with Crippen LogP contribution in [-0.4, -0.2) is 65.4 Å². The lowest BCUT2D eigenvalue weighted by Gasteiger charge is -2.37. The van der Waals surface area contributed by atoms with Gasteiger partial charge in [-0.25, -0.2) is 14.4 Å². The number of hydrogen-bond donors (Lipinski definition) is 1. The van der Waals surface area contributed by atoms with Crippen LogP contribution in [0.15, 0.2) is 42.6 Å². The maximum absolute atomic E-state index is 13.7. The van der Waals surface area contributed by atoms with Crippen LogP contribution >= 0.6 is 11.6 Å². The summed E-state index contributed by atoms with van der Waals surface area (Å²) in [6, 6.07) is 8.41. The Hall–Kier alpha value is -3.18. The number of rotatable bonds is 4. The second-order valence-electron chi connectivity index (χ2n) is 8.78. The molecule has 0 radical (unpaired) electrons. The van der Waals surface area contributed by atoms with Gasteiger partial charge in [-0.15, -0.1) is 0 Å². The molecule has 0 saturated carbocycles. The molecule has 1 aromatic carbocycles. The van der Waals surface area contributed by atoms with Crippen molar-refractivity contribution < 1.29 is 22.7 Å². The van der Waals surface area contributed by atoms with Crippen molar-refractivity contribution in [3.63, 3.8) is 0 Å². The third kappa shape index (κ3) is 5.03. The van der Waals surface area contributed by atoms with Crippen LogP contribution in [0.2, 0.25) is 5.02 Å². The molecule has 3 aromatic rings. The molecule has 0 amide bonds. The average molecular weight is 523 g/mol. The molecule has 7 nitrogen and oxygen atoms in total. The van der Waals surface area contributed by atoms with Gasteiger partial charge in [0.1, 0.15) is 17.5 Å². The van der Waals surface area contributed by atoms with Crippen LogP contribution in [0, 0.1) is 5.82 Å². The van der Waals surface area contributed by atoms with E-state index in [2.05, 4.69) is 9.97 Å². The SMILES string of the molecule is O[C@H]1CCN(c2nc(-c3ccc(F)c(Cl)c3)cc(N3CCN(c4ncccc4C(F)(F)F)CC3)n2)C1. The van der Waals surface area contributed by atoms with Gasteiger partial charge >= 0.3 is 6.18 Å². The number of aliphatic hydroxyl groups is 1. The van der Waals surface area contributed by atoms with Gasteiger partial charge in [-0.2, -0.15) is 18.2 Å². The summed E-state index contributed by atoms with van der Waals surface area (Å²) in [5, 5.41) is 9.96. The van der Waals surface area contributed by atoms with Crippen LogP contribution in [0.3, 0.4) is 0 Å². The Morgan fingerprint density at radius 3 is 2.36 bits per heavy atom. The maximum atomic E-state index is 13.7. The molecule has 1 N–H and O–H groups in total. The second kappa shape index (κ2) is 9.70. The van der Waals surface area contributed by atoms with Crippen molar-refractivity contribution in [1.82, 2.24) is 15.0 Å². The lowest BCUT2D eigenvalue weighted by molar-refractivity contribution is -0.137. The number of benzene rings is 1. The maximum Gasteiger partial charge on any atom is 0.419 e. The smallest absolute Gasteiger partial charge is 0.391 e. The van der Waals surface area contributed by atoms with E-state index in [1.165, 1.54) is 24.4 Å². The number of alkyl halides is 3. The zero-order valence-electron chi connectivity index (χ0n) is 19.1. The number of pyridine rings is 1. The minimum atomic E-state index is -4.49. The van der Waals surface area contributed by atoms with Crippen LogP contribution in [0.5, 0.6) is 0 Å². The van der Waals surface area contributed by atoms with Gasteiger partial charge < -0.3 is 19.8 Å². The van der Waals surface area contributed by atoms with E-state index in [4.69, 9.17) is 16.6 Å². The molecule has 5 rings (SSSR count). The van der Waals surface area contributed by atoms with Crippen molar-refractivity contribution in [2.75, 3.05) is 54.0 Å². The summed E-state index contributed by atoms with van der Waals surface area (Å²) in [5.41, 5.74) is 0.378. The van der Waals surface area contributed by atoms with Crippen molar-refractivity contribution in [1.29, 1.82) is 0 Å². The number of halogens is 5. The number of aromatic nitrogens is 3. The normalized spacial score (nSPS) is 18.7. The molecule has 4 heterocycles. The van der Waals surface area contributed by atoms with E-state index >= 15 is 0 Å². The van der Waals surface area contributed by atoms with Gasteiger partial charge in [-0.05, 0) is 36.8 Å². The highest BCUT2D eigenvalue weighted by molar-refractivity contribution is 6.31. The Morgan fingerprint density at radius 1 is 0.944 bits per heavy atom. The first kappa shape index (κ1) is 24.5. The lowest BCUT2D eigenvalue weighted by Crippen LogP contribution is -2.47. The molecule has 1 atom stereocenters. The van der Waals surface area contributed by atoms with Crippen LogP contribution in [0.25, 0.3) is 11.3 Å². The van der Waals surface area contributed by atoms with Crippen LogP contribution < -0.4 is 14.7 Å². The van der Waals surface area contributed by atoms with Crippen molar-refractivity contribution in [3.8, 4) is 11.3 Å². The topological polar surface area (TPSA) is 68.6 Å². The van der Waals surface area contributed by atoms with E-state index in [-0.39, 0.29) is 10.8 Å². The van der Waals surface area contributed by atoms with Gasteiger partial charge in [0.2, 0.25) is 5.95 Å². The minimum absolute atomic E-state index is 0.0322. The Balaban J connectivity index is 1.43. The van der Waals surface area contributed by atoms with Crippen LogP contribution in [-0.2, 0) is 6.18 Å². The summed E-state index contributed by atoms with van der Waals surface area (Å²) in [6.45, 7) is 2.44. The zero-order valence-corrected chi connectivity index (χ0v) is 19.8. The molecular weight excluding hydrogens is 500 g/mol. The van der Waals surface area contributed by atoms with Gasteiger partial charge in [0.25, 0.3) is 0 Å². The molecule has 12 heteroatoms. The van der Waals surface area contributed by atoms with Crippen LogP contribution in [0.1, 0.15) is 12.0 Å². The van der Waals surface area contributed by atoms with E-state index in [1.54, 1.807) is 17.0 Å². The van der Waals surface area contributed by atoms with Gasteiger partial charge in [0, 0.05) is 57.1 Å². The molecule has 0 spiro atoms. The Labute approximate surface area is 210 Å². The van der Waals surface area contributed by atoms with Crippen molar-refractivity contribution in [2.24, 2.45) is 0 Å². The summed E-state index contributed by atoms with van der Waals surface area (Å²) in [7, 11) is 0. The first-order valence-corrected chi connectivity index (χ1v) is 11.9. The van der Waals surface area contributed by atoms with E-state index in [0.717, 1.165) is 6.07 Å². The highest BCUT2D eigenvalue weighted by Gasteiger charge is 2.36. The molecule has 2 fully saturated rings. The molecule has 190 valence electrons.